The van der Waals surface area contributed by atoms with Gasteiger partial charge in [-0.05, 0) is 32.4 Å². The average molecular weight is 237 g/mol. The lowest BCUT2D eigenvalue weighted by Gasteiger charge is -2.40. The number of morpholine rings is 1. The van der Waals surface area contributed by atoms with Crippen LogP contribution in [0.3, 0.4) is 0 Å². The highest BCUT2D eigenvalue weighted by Gasteiger charge is 2.38. The van der Waals surface area contributed by atoms with Crippen molar-refractivity contribution in [2.24, 2.45) is 0 Å². The van der Waals surface area contributed by atoms with Crippen LogP contribution in [0.5, 0.6) is 0 Å². The zero-order valence-electron chi connectivity index (χ0n) is 10.8. The van der Waals surface area contributed by atoms with Crippen LogP contribution in [0.2, 0.25) is 0 Å². The Hall–Kier alpha value is -0.630. The lowest BCUT2D eigenvalue weighted by atomic mass is 9.89. The predicted octanol–water partition coefficient (Wildman–Crippen LogP) is 1.09. The molecule has 2 aliphatic heterocycles. The summed E-state index contributed by atoms with van der Waals surface area (Å²) in [7, 11) is 0. The summed E-state index contributed by atoms with van der Waals surface area (Å²) in [4.78, 5) is 4.81. The second-order valence-corrected chi connectivity index (χ2v) is 5.03. The average Bonchev–Trinajstić information content (AvgIpc) is 2.62. The van der Waals surface area contributed by atoms with E-state index in [1.54, 1.807) is 0 Å². The van der Waals surface area contributed by atoms with Crippen LogP contribution < -0.4 is 0 Å². The summed E-state index contributed by atoms with van der Waals surface area (Å²) in [6, 6.07) is 2.62. The number of hydrogen-bond donors (Lipinski definition) is 0. The molecule has 0 aromatic rings. The first-order valence-electron chi connectivity index (χ1n) is 6.77. The van der Waals surface area contributed by atoms with E-state index < -0.39 is 0 Å². The summed E-state index contributed by atoms with van der Waals surface area (Å²) in [5, 5.41) is 9.63. The van der Waals surface area contributed by atoms with E-state index in [0.29, 0.717) is 0 Å². The second-order valence-electron chi connectivity index (χ2n) is 5.03. The van der Waals surface area contributed by atoms with E-state index in [-0.39, 0.29) is 5.54 Å². The molecule has 4 nitrogen and oxygen atoms in total. The minimum absolute atomic E-state index is 0.228. The van der Waals surface area contributed by atoms with Gasteiger partial charge in [0.2, 0.25) is 0 Å². The number of ether oxygens (including phenoxy) is 1. The van der Waals surface area contributed by atoms with Crippen molar-refractivity contribution in [1.82, 2.24) is 9.80 Å². The molecule has 0 aromatic carbocycles. The first-order valence-corrected chi connectivity index (χ1v) is 6.77. The minimum Gasteiger partial charge on any atom is -0.379 e. The summed E-state index contributed by atoms with van der Waals surface area (Å²) >= 11 is 0. The molecule has 4 heteroatoms. The smallest absolute Gasteiger partial charge is 0.110 e. The van der Waals surface area contributed by atoms with Gasteiger partial charge in [0, 0.05) is 19.6 Å². The highest BCUT2D eigenvalue weighted by molar-refractivity contribution is 5.10. The Bertz CT molecular complexity index is 283. The zero-order chi connectivity index (χ0) is 12.1. The first-order chi connectivity index (χ1) is 8.30. The van der Waals surface area contributed by atoms with Gasteiger partial charge in [-0.25, -0.2) is 0 Å². The van der Waals surface area contributed by atoms with Crippen LogP contribution in [0.4, 0.5) is 0 Å². The Balaban J connectivity index is 2.05. The summed E-state index contributed by atoms with van der Waals surface area (Å²) in [6.07, 6.45) is 3.14. The highest BCUT2D eigenvalue weighted by atomic mass is 16.5. The summed E-state index contributed by atoms with van der Waals surface area (Å²) in [5.74, 6) is 0. The molecule has 0 amide bonds. The largest absolute Gasteiger partial charge is 0.379 e. The number of rotatable bonds is 2. The van der Waals surface area contributed by atoms with Crippen molar-refractivity contribution in [3.63, 3.8) is 0 Å². The molecule has 2 rings (SSSR count). The monoisotopic (exact) mass is 237 g/mol. The van der Waals surface area contributed by atoms with Gasteiger partial charge in [0.15, 0.2) is 0 Å². The van der Waals surface area contributed by atoms with Crippen LogP contribution in [0, 0.1) is 11.3 Å². The normalized spacial score (nSPS) is 32.9. The number of hydrogen-bond acceptors (Lipinski definition) is 4. The van der Waals surface area contributed by atoms with E-state index in [2.05, 4.69) is 22.8 Å². The standard InChI is InChI=1S/C13H23N3O/c1-2-15-6-3-4-13(12-14,5-7-15)16-8-10-17-11-9-16/h2-11H2,1H3. The third kappa shape index (κ3) is 2.79. The van der Waals surface area contributed by atoms with Crippen molar-refractivity contribution in [2.45, 2.75) is 31.7 Å². The van der Waals surface area contributed by atoms with E-state index in [0.717, 1.165) is 65.2 Å². The maximum absolute atomic E-state index is 9.63. The van der Waals surface area contributed by atoms with E-state index in [1.807, 2.05) is 0 Å². The van der Waals surface area contributed by atoms with Gasteiger partial charge in [0.05, 0.1) is 19.3 Å². The van der Waals surface area contributed by atoms with Crippen LogP contribution in [-0.4, -0.2) is 61.3 Å². The number of nitrogens with zero attached hydrogens (tertiary/aromatic N) is 3. The molecular formula is C13H23N3O. The van der Waals surface area contributed by atoms with Gasteiger partial charge >= 0.3 is 0 Å². The molecule has 2 saturated heterocycles. The molecule has 2 fully saturated rings. The maximum atomic E-state index is 9.63. The maximum Gasteiger partial charge on any atom is 0.110 e. The molecule has 0 saturated carbocycles. The number of likely N-dealkylation sites (tertiary alicyclic amines) is 1. The van der Waals surface area contributed by atoms with Crippen molar-refractivity contribution < 1.29 is 4.74 Å². The third-order valence-corrected chi connectivity index (χ3v) is 4.18. The first kappa shape index (κ1) is 12.8. The van der Waals surface area contributed by atoms with E-state index >= 15 is 0 Å². The minimum atomic E-state index is -0.228. The summed E-state index contributed by atoms with van der Waals surface area (Å²) in [6.45, 7) is 8.89. The van der Waals surface area contributed by atoms with Gasteiger partial charge < -0.3 is 9.64 Å². The zero-order valence-corrected chi connectivity index (χ0v) is 10.8. The van der Waals surface area contributed by atoms with Crippen LogP contribution >= 0.6 is 0 Å². The quantitative estimate of drug-likeness (QED) is 0.720. The molecule has 0 aliphatic carbocycles. The van der Waals surface area contributed by atoms with Crippen LogP contribution in [0.1, 0.15) is 26.2 Å². The lowest BCUT2D eigenvalue weighted by Crippen LogP contribution is -2.53. The molecule has 2 heterocycles. The molecule has 1 atom stereocenters. The molecule has 17 heavy (non-hydrogen) atoms. The van der Waals surface area contributed by atoms with Gasteiger partial charge in [-0.15, -0.1) is 0 Å². The van der Waals surface area contributed by atoms with Gasteiger partial charge in [0.1, 0.15) is 5.54 Å². The van der Waals surface area contributed by atoms with Gasteiger partial charge in [-0.3, -0.25) is 4.90 Å². The van der Waals surface area contributed by atoms with E-state index in [4.69, 9.17) is 4.74 Å². The molecule has 0 aromatic heterocycles. The molecule has 0 bridgehead atoms. The molecular weight excluding hydrogens is 214 g/mol. The van der Waals surface area contributed by atoms with Crippen LogP contribution in [0.25, 0.3) is 0 Å². The molecule has 0 N–H and O–H groups in total. The number of nitriles is 1. The Kier molecular flexibility index (Phi) is 4.38. The second kappa shape index (κ2) is 5.81. The van der Waals surface area contributed by atoms with Crippen molar-refractivity contribution in [1.29, 1.82) is 5.26 Å². The van der Waals surface area contributed by atoms with Crippen molar-refractivity contribution >= 4 is 0 Å². The molecule has 0 radical (unpaired) electrons. The van der Waals surface area contributed by atoms with Gasteiger partial charge in [-0.2, -0.15) is 5.26 Å². The molecule has 0 spiro atoms. The molecule has 96 valence electrons. The lowest BCUT2D eigenvalue weighted by molar-refractivity contribution is -0.00789. The van der Waals surface area contributed by atoms with E-state index in [9.17, 15) is 5.26 Å². The van der Waals surface area contributed by atoms with Crippen molar-refractivity contribution in [2.75, 3.05) is 45.9 Å². The summed E-state index contributed by atoms with van der Waals surface area (Å²) in [5.41, 5.74) is -0.228. The molecule has 1 unspecified atom stereocenters. The Morgan fingerprint density at radius 3 is 2.59 bits per heavy atom. The van der Waals surface area contributed by atoms with Crippen LogP contribution in [-0.2, 0) is 4.74 Å². The Morgan fingerprint density at radius 2 is 1.94 bits per heavy atom. The third-order valence-electron chi connectivity index (χ3n) is 4.18. The topological polar surface area (TPSA) is 39.5 Å². The fraction of sp³-hybridized carbons (Fsp3) is 0.923. The Morgan fingerprint density at radius 1 is 1.18 bits per heavy atom. The van der Waals surface area contributed by atoms with Gasteiger partial charge in [0.25, 0.3) is 0 Å². The Labute approximate surface area is 104 Å². The van der Waals surface area contributed by atoms with Crippen LogP contribution in [0.15, 0.2) is 0 Å². The van der Waals surface area contributed by atoms with Gasteiger partial charge in [-0.1, -0.05) is 6.92 Å². The summed E-state index contributed by atoms with van der Waals surface area (Å²) < 4.78 is 5.39. The highest BCUT2D eigenvalue weighted by Crippen LogP contribution is 2.29. The fourth-order valence-corrected chi connectivity index (χ4v) is 2.98. The van der Waals surface area contributed by atoms with E-state index in [1.165, 1.54) is 0 Å². The predicted molar refractivity (Wildman–Crippen MR) is 66.7 cm³/mol. The fourth-order valence-electron chi connectivity index (χ4n) is 2.98. The SMILES string of the molecule is CCN1CCCC(C#N)(N2CCOCC2)CC1. The van der Waals surface area contributed by atoms with Crippen molar-refractivity contribution in [3.05, 3.63) is 0 Å². The molecule has 2 aliphatic rings. The van der Waals surface area contributed by atoms with Crippen molar-refractivity contribution in [3.8, 4) is 6.07 Å².